The topological polar surface area (TPSA) is 29.9 Å². The Bertz CT molecular complexity index is 415. The number of nitrogens with zero attached hydrogens (tertiary/aromatic N) is 2. The van der Waals surface area contributed by atoms with Crippen LogP contribution >= 0.6 is 0 Å². The van der Waals surface area contributed by atoms with Crippen LogP contribution in [0.1, 0.15) is 62.8 Å². The summed E-state index contributed by atoms with van der Waals surface area (Å²) in [5.74, 6) is 2.74. The number of hydrogen-bond acceptors (Lipinski definition) is 2. The Morgan fingerprint density at radius 3 is 2.71 bits per heavy atom. The summed E-state index contributed by atoms with van der Waals surface area (Å²) in [5.41, 5.74) is 2.80. The van der Waals surface area contributed by atoms with Gasteiger partial charge in [-0.3, -0.25) is 0 Å². The minimum Gasteiger partial charge on any atom is -0.328 e. The first kappa shape index (κ1) is 11.3. The van der Waals surface area contributed by atoms with E-state index >= 15 is 0 Å². The number of aromatic nitrogens is 2. The van der Waals surface area contributed by atoms with Gasteiger partial charge >= 0.3 is 0 Å². The van der Waals surface area contributed by atoms with Crippen molar-refractivity contribution in [3.05, 3.63) is 17.2 Å². The van der Waals surface area contributed by atoms with Gasteiger partial charge in [0.25, 0.3) is 0 Å². The standard InChI is InChI=1S/C14H23N3/c1-9(2)14-16-12-8-15-7-6-13(12)17(14)10(3)11-4-5-11/h9-11,15H,4-8H2,1-3H3. The maximum atomic E-state index is 4.88. The molecular weight excluding hydrogens is 210 g/mol. The Balaban J connectivity index is 2.05. The maximum Gasteiger partial charge on any atom is 0.112 e. The van der Waals surface area contributed by atoms with E-state index in [2.05, 4.69) is 30.7 Å². The van der Waals surface area contributed by atoms with Crippen LogP contribution in [-0.2, 0) is 13.0 Å². The Morgan fingerprint density at radius 2 is 2.06 bits per heavy atom. The summed E-state index contributed by atoms with van der Waals surface area (Å²) in [5, 5.41) is 3.43. The molecule has 1 N–H and O–H groups in total. The molecule has 2 aliphatic rings. The predicted octanol–water partition coefficient (Wildman–Crippen LogP) is 2.62. The first-order chi connectivity index (χ1) is 8.18. The van der Waals surface area contributed by atoms with Gasteiger partial charge in [-0.05, 0) is 25.7 Å². The largest absolute Gasteiger partial charge is 0.328 e. The van der Waals surface area contributed by atoms with Crippen LogP contribution in [0.25, 0.3) is 0 Å². The number of nitrogens with one attached hydrogen (secondary N) is 1. The second-order valence-electron chi connectivity index (χ2n) is 5.89. The SMILES string of the molecule is CC(C)c1nc2c(n1C(C)C1CC1)CCNC2. The van der Waals surface area contributed by atoms with Gasteiger partial charge in [0.2, 0.25) is 0 Å². The molecule has 1 fully saturated rings. The highest BCUT2D eigenvalue weighted by atomic mass is 15.1. The Hall–Kier alpha value is -0.830. The minimum atomic E-state index is 0.529. The van der Waals surface area contributed by atoms with Gasteiger partial charge in [-0.1, -0.05) is 13.8 Å². The maximum absolute atomic E-state index is 4.88. The lowest BCUT2D eigenvalue weighted by Crippen LogP contribution is -2.26. The van der Waals surface area contributed by atoms with Crippen LogP contribution in [0.15, 0.2) is 0 Å². The number of imidazole rings is 1. The summed E-state index contributed by atoms with van der Waals surface area (Å²) in [4.78, 5) is 4.88. The Kier molecular flexibility index (Phi) is 2.74. The molecule has 3 rings (SSSR count). The third kappa shape index (κ3) is 1.90. The lowest BCUT2D eigenvalue weighted by Gasteiger charge is -2.22. The van der Waals surface area contributed by atoms with Crippen molar-refractivity contribution >= 4 is 0 Å². The van der Waals surface area contributed by atoms with Crippen LogP contribution < -0.4 is 5.32 Å². The molecule has 1 unspecified atom stereocenters. The molecule has 1 aliphatic heterocycles. The summed E-state index contributed by atoms with van der Waals surface area (Å²) in [6.07, 6.45) is 3.96. The van der Waals surface area contributed by atoms with E-state index in [1.165, 1.54) is 30.1 Å². The van der Waals surface area contributed by atoms with Gasteiger partial charge in [0.05, 0.1) is 5.69 Å². The molecule has 3 nitrogen and oxygen atoms in total. The highest BCUT2D eigenvalue weighted by molar-refractivity contribution is 5.23. The summed E-state index contributed by atoms with van der Waals surface area (Å²) in [6.45, 7) is 8.97. The summed E-state index contributed by atoms with van der Waals surface area (Å²) in [6, 6.07) is 0.654. The number of fused-ring (bicyclic) bond motifs is 1. The Morgan fingerprint density at radius 1 is 1.29 bits per heavy atom. The lowest BCUT2D eigenvalue weighted by molar-refractivity contribution is 0.440. The number of hydrogen-bond donors (Lipinski definition) is 1. The van der Waals surface area contributed by atoms with Crippen LogP contribution in [0.4, 0.5) is 0 Å². The molecule has 17 heavy (non-hydrogen) atoms. The zero-order chi connectivity index (χ0) is 12.0. The summed E-state index contributed by atoms with van der Waals surface area (Å²) >= 11 is 0. The van der Waals surface area contributed by atoms with Gasteiger partial charge in [-0.15, -0.1) is 0 Å². The van der Waals surface area contributed by atoms with Crippen LogP contribution in [0, 0.1) is 5.92 Å². The van der Waals surface area contributed by atoms with Crippen molar-refractivity contribution in [1.82, 2.24) is 14.9 Å². The normalized spacial score (nSPS) is 21.6. The van der Waals surface area contributed by atoms with E-state index in [1.54, 1.807) is 0 Å². The molecule has 0 spiro atoms. The van der Waals surface area contributed by atoms with E-state index in [1.807, 2.05) is 0 Å². The molecule has 94 valence electrons. The van der Waals surface area contributed by atoms with Crippen molar-refractivity contribution in [2.24, 2.45) is 5.92 Å². The van der Waals surface area contributed by atoms with E-state index in [-0.39, 0.29) is 0 Å². The second-order valence-corrected chi connectivity index (χ2v) is 5.89. The van der Waals surface area contributed by atoms with Crippen molar-refractivity contribution in [1.29, 1.82) is 0 Å². The van der Waals surface area contributed by atoms with E-state index in [0.29, 0.717) is 12.0 Å². The molecule has 3 heteroatoms. The number of rotatable bonds is 3. The molecule has 1 aliphatic carbocycles. The average molecular weight is 233 g/mol. The first-order valence-electron chi connectivity index (χ1n) is 6.99. The molecule has 1 saturated carbocycles. The van der Waals surface area contributed by atoms with E-state index in [0.717, 1.165) is 25.4 Å². The molecule has 0 bridgehead atoms. The second kappa shape index (κ2) is 4.13. The van der Waals surface area contributed by atoms with E-state index in [4.69, 9.17) is 4.98 Å². The van der Waals surface area contributed by atoms with Crippen molar-refractivity contribution in [3.63, 3.8) is 0 Å². The highest BCUT2D eigenvalue weighted by Crippen LogP contribution is 2.41. The third-order valence-corrected chi connectivity index (χ3v) is 4.18. The van der Waals surface area contributed by atoms with Gasteiger partial charge < -0.3 is 9.88 Å². The van der Waals surface area contributed by atoms with Gasteiger partial charge in [0.1, 0.15) is 5.82 Å². The van der Waals surface area contributed by atoms with E-state index < -0.39 is 0 Å². The first-order valence-corrected chi connectivity index (χ1v) is 6.99. The fraction of sp³-hybridized carbons (Fsp3) is 0.786. The monoisotopic (exact) mass is 233 g/mol. The zero-order valence-electron chi connectivity index (χ0n) is 11.2. The molecule has 0 saturated heterocycles. The van der Waals surface area contributed by atoms with E-state index in [9.17, 15) is 0 Å². The van der Waals surface area contributed by atoms with Crippen molar-refractivity contribution in [2.75, 3.05) is 6.54 Å². The van der Waals surface area contributed by atoms with Crippen LogP contribution in [0.5, 0.6) is 0 Å². The molecule has 0 aromatic carbocycles. The Labute approximate surface area is 104 Å². The van der Waals surface area contributed by atoms with Crippen LogP contribution in [-0.4, -0.2) is 16.1 Å². The smallest absolute Gasteiger partial charge is 0.112 e. The lowest BCUT2D eigenvalue weighted by atomic mass is 10.1. The zero-order valence-corrected chi connectivity index (χ0v) is 11.2. The van der Waals surface area contributed by atoms with Crippen molar-refractivity contribution in [3.8, 4) is 0 Å². The van der Waals surface area contributed by atoms with Crippen LogP contribution in [0.2, 0.25) is 0 Å². The predicted molar refractivity (Wildman–Crippen MR) is 69.2 cm³/mol. The molecule has 0 amide bonds. The quantitative estimate of drug-likeness (QED) is 0.869. The molecule has 0 radical (unpaired) electrons. The van der Waals surface area contributed by atoms with Gasteiger partial charge in [0.15, 0.2) is 0 Å². The molecule has 1 aromatic heterocycles. The molecule has 1 atom stereocenters. The molecule has 1 aromatic rings. The van der Waals surface area contributed by atoms with Gasteiger partial charge in [0, 0.05) is 37.2 Å². The minimum absolute atomic E-state index is 0.529. The van der Waals surface area contributed by atoms with Crippen LogP contribution in [0.3, 0.4) is 0 Å². The highest BCUT2D eigenvalue weighted by Gasteiger charge is 2.33. The average Bonchev–Trinajstić information content (AvgIpc) is 3.08. The summed E-state index contributed by atoms with van der Waals surface area (Å²) < 4.78 is 2.57. The van der Waals surface area contributed by atoms with Gasteiger partial charge in [-0.2, -0.15) is 0 Å². The van der Waals surface area contributed by atoms with Gasteiger partial charge in [-0.25, -0.2) is 4.98 Å². The molecule has 2 heterocycles. The molecular formula is C14H23N3. The fourth-order valence-electron chi connectivity index (χ4n) is 3.01. The van der Waals surface area contributed by atoms with Crippen molar-refractivity contribution < 1.29 is 0 Å². The third-order valence-electron chi connectivity index (χ3n) is 4.18. The summed E-state index contributed by atoms with van der Waals surface area (Å²) in [7, 11) is 0. The van der Waals surface area contributed by atoms with Crippen molar-refractivity contribution in [2.45, 2.75) is 58.5 Å². The fourth-order valence-corrected chi connectivity index (χ4v) is 3.01.